The van der Waals surface area contributed by atoms with Crippen LogP contribution in [-0.4, -0.2) is 63.1 Å². The number of fused-ring (bicyclic) bond motifs is 1. The third-order valence-electron chi connectivity index (χ3n) is 4.57. The molecule has 4 rings (SSSR count). The Labute approximate surface area is 151 Å². The van der Waals surface area contributed by atoms with Gasteiger partial charge in [0.25, 0.3) is 5.91 Å². The van der Waals surface area contributed by atoms with E-state index in [0.29, 0.717) is 18.0 Å². The predicted octanol–water partition coefficient (Wildman–Crippen LogP) is 1.62. The van der Waals surface area contributed by atoms with E-state index in [-0.39, 0.29) is 12.0 Å². The Bertz CT molecular complexity index is 922. The van der Waals surface area contributed by atoms with Crippen LogP contribution in [0.4, 0.5) is 5.82 Å². The van der Waals surface area contributed by atoms with Crippen molar-refractivity contribution in [2.24, 2.45) is 7.05 Å². The summed E-state index contributed by atoms with van der Waals surface area (Å²) < 4.78 is 7.50. The third-order valence-corrected chi connectivity index (χ3v) is 4.57. The number of nitrogens with one attached hydrogen (secondary N) is 2. The van der Waals surface area contributed by atoms with Gasteiger partial charge in [0.05, 0.1) is 11.5 Å². The average molecular weight is 354 g/mol. The number of aromatic nitrogens is 4. The quantitative estimate of drug-likeness (QED) is 0.746. The standard InChI is InChI=1S/C18H22N6O2/c1-11-9-23(2)10-13(26-11)18(25)19-16-14-15(12-7-5-4-6-8-12)22-24(3)17(14)21-20-16/h4-8,11,13H,9-10H2,1-3H3,(H2,19,20,21,25). The largest absolute Gasteiger partial charge is 0.363 e. The summed E-state index contributed by atoms with van der Waals surface area (Å²) in [5, 5.41) is 15.5. The second-order valence-corrected chi connectivity index (χ2v) is 6.78. The summed E-state index contributed by atoms with van der Waals surface area (Å²) in [5.74, 6) is 0.359. The summed E-state index contributed by atoms with van der Waals surface area (Å²) in [6.45, 7) is 3.35. The Morgan fingerprint density at radius 3 is 2.77 bits per heavy atom. The van der Waals surface area contributed by atoms with E-state index in [0.717, 1.165) is 23.2 Å². The summed E-state index contributed by atoms with van der Waals surface area (Å²) in [6.07, 6.45) is -0.497. The molecule has 8 heteroatoms. The maximum Gasteiger partial charge on any atom is 0.256 e. The van der Waals surface area contributed by atoms with Gasteiger partial charge in [-0.15, -0.1) is 0 Å². The molecule has 26 heavy (non-hydrogen) atoms. The van der Waals surface area contributed by atoms with Crippen molar-refractivity contribution >= 4 is 22.8 Å². The smallest absolute Gasteiger partial charge is 0.256 e. The highest BCUT2D eigenvalue weighted by Gasteiger charge is 2.30. The van der Waals surface area contributed by atoms with Gasteiger partial charge in [-0.3, -0.25) is 9.89 Å². The van der Waals surface area contributed by atoms with Crippen molar-refractivity contribution in [1.29, 1.82) is 0 Å². The molecule has 2 aromatic heterocycles. The van der Waals surface area contributed by atoms with Crippen molar-refractivity contribution in [2.75, 3.05) is 25.5 Å². The molecule has 2 N–H and O–H groups in total. The van der Waals surface area contributed by atoms with Crippen LogP contribution in [0.15, 0.2) is 30.3 Å². The molecule has 0 radical (unpaired) electrons. The number of ether oxygens (including phenoxy) is 1. The molecule has 8 nitrogen and oxygen atoms in total. The summed E-state index contributed by atoms with van der Waals surface area (Å²) >= 11 is 0. The number of rotatable bonds is 3. The van der Waals surface area contributed by atoms with Crippen molar-refractivity contribution in [1.82, 2.24) is 24.9 Å². The zero-order valence-electron chi connectivity index (χ0n) is 15.1. The maximum absolute atomic E-state index is 12.7. The molecule has 1 saturated heterocycles. The lowest BCUT2D eigenvalue weighted by atomic mass is 10.1. The first-order valence-corrected chi connectivity index (χ1v) is 8.64. The Hall–Kier alpha value is -2.71. The average Bonchev–Trinajstić information content (AvgIpc) is 3.17. The number of likely N-dealkylation sites (N-methyl/N-ethyl adjacent to an activating group) is 1. The number of aryl methyl sites for hydroxylation is 1. The molecule has 1 aliphatic heterocycles. The van der Waals surface area contributed by atoms with Crippen LogP contribution in [0.5, 0.6) is 0 Å². The van der Waals surface area contributed by atoms with Gasteiger partial charge in [0.15, 0.2) is 5.65 Å². The molecule has 1 fully saturated rings. The minimum absolute atomic E-state index is 0.0181. The number of benzene rings is 1. The van der Waals surface area contributed by atoms with Gasteiger partial charge >= 0.3 is 0 Å². The van der Waals surface area contributed by atoms with Crippen LogP contribution < -0.4 is 5.32 Å². The molecular weight excluding hydrogens is 332 g/mol. The molecule has 0 spiro atoms. The van der Waals surface area contributed by atoms with Crippen molar-refractivity contribution in [3.8, 4) is 11.3 Å². The number of carbonyl (C=O) groups excluding carboxylic acids is 1. The molecule has 136 valence electrons. The molecule has 0 aliphatic carbocycles. The van der Waals surface area contributed by atoms with E-state index in [2.05, 4.69) is 25.5 Å². The van der Waals surface area contributed by atoms with Crippen LogP contribution >= 0.6 is 0 Å². The van der Waals surface area contributed by atoms with Crippen LogP contribution in [0.1, 0.15) is 6.92 Å². The fourth-order valence-corrected chi connectivity index (χ4v) is 3.44. The van der Waals surface area contributed by atoms with Gasteiger partial charge in [0, 0.05) is 25.7 Å². The van der Waals surface area contributed by atoms with Crippen LogP contribution in [0.25, 0.3) is 22.3 Å². The Morgan fingerprint density at radius 2 is 2.04 bits per heavy atom. The SMILES string of the molecule is CC1CN(C)CC(C(=O)Nc2[nH]nc3c2c(-c2ccccc2)nn3C)O1. The van der Waals surface area contributed by atoms with Gasteiger partial charge in [-0.25, -0.2) is 4.68 Å². The first-order valence-electron chi connectivity index (χ1n) is 8.64. The van der Waals surface area contributed by atoms with Crippen LogP contribution in [0.3, 0.4) is 0 Å². The van der Waals surface area contributed by atoms with Gasteiger partial charge < -0.3 is 15.0 Å². The second-order valence-electron chi connectivity index (χ2n) is 6.78. The topological polar surface area (TPSA) is 88.1 Å². The summed E-state index contributed by atoms with van der Waals surface area (Å²) in [5.41, 5.74) is 2.44. The number of morpholine rings is 1. The Morgan fingerprint density at radius 1 is 1.27 bits per heavy atom. The minimum Gasteiger partial charge on any atom is -0.363 e. The number of aromatic amines is 1. The lowest BCUT2D eigenvalue weighted by Gasteiger charge is -2.33. The zero-order valence-corrected chi connectivity index (χ0v) is 15.1. The summed E-state index contributed by atoms with van der Waals surface area (Å²) in [6, 6.07) is 9.85. The highest BCUT2D eigenvalue weighted by molar-refractivity contribution is 6.06. The van der Waals surface area contributed by atoms with E-state index < -0.39 is 6.10 Å². The van der Waals surface area contributed by atoms with E-state index >= 15 is 0 Å². The van der Waals surface area contributed by atoms with Gasteiger partial charge in [0.1, 0.15) is 17.6 Å². The van der Waals surface area contributed by atoms with Crippen LogP contribution in [-0.2, 0) is 16.6 Å². The number of nitrogens with zero attached hydrogens (tertiary/aromatic N) is 4. The van der Waals surface area contributed by atoms with E-state index in [9.17, 15) is 4.79 Å². The fraction of sp³-hybridized carbons (Fsp3) is 0.389. The van der Waals surface area contributed by atoms with E-state index in [1.807, 2.05) is 51.4 Å². The molecule has 3 aromatic rings. The third kappa shape index (κ3) is 2.97. The van der Waals surface area contributed by atoms with Crippen molar-refractivity contribution < 1.29 is 9.53 Å². The molecule has 2 unspecified atom stereocenters. The molecule has 1 aromatic carbocycles. The molecule has 3 heterocycles. The molecule has 1 aliphatic rings. The number of anilines is 1. The van der Waals surface area contributed by atoms with Crippen LogP contribution in [0, 0.1) is 0 Å². The number of hydrogen-bond donors (Lipinski definition) is 2. The summed E-state index contributed by atoms with van der Waals surface area (Å²) in [7, 11) is 3.82. The first-order chi connectivity index (χ1) is 12.5. The number of amides is 1. The van der Waals surface area contributed by atoms with Gasteiger partial charge in [0.2, 0.25) is 0 Å². The summed E-state index contributed by atoms with van der Waals surface area (Å²) in [4.78, 5) is 14.8. The predicted molar refractivity (Wildman–Crippen MR) is 98.8 cm³/mol. The van der Waals surface area contributed by atoms with E-state index in [1.165, 1.54) is 0 Å². The number of carbonyl (C=O) groups is 1. The second kappa shape index (κ2) is 6.54. The molecule has 0 saturated carbocycles. The Kier molecular flexibility index (Phi) is 4.21. The van der Waals surface area contributed by atoms with Gasteiger partial charge in [-0.1, -0.05) is 30.3 Å². The molecular formula is C18H22N6O2. The Balaban J connectivity index is 1.66. The molecule has 2 atom stereocenters. The normalized spacial score (nSPS) is 21.2. The van der Waals surface area contributed by atoms with Gasteiger partial charge in [-0.05, 0) is 14.0 Å². The van der Waals surface area contributed by atoms with Crippen molar-refractivity contribution in [2.45, 2.75) is 19.1 Å². The van der Waals surface area contributed by atoms with Crippen LogP contribution in [0.2, 0.25) is 0 Å². The monoisotopic (exact) mass is 354 g/mol. The lowest BCUT2D eigenvalue weighted by Crippen LogP contribution is -2.49. The van der Waals surface area contributed by atoms with E-state index in [1.54, 1.807) is 4.68 Å². The fourth-order valence-electron chi connectivity index (χ4n) is 3.44. The van der Waals surface area contributed by atoms with Gasteiger partial charge in [-0.2, -0.15) is 10.2 Å². The lowest BCUT2D eigenvalue weighted by molar-refractivity contribution is -0.139. The molecule has 0 bridgehead atoms. The highest BCUT2D eigenvalue weighted by atomic mass is 16.5. The molecule has 1 amide bonds. The van der Waals surface area contributed by atoms with Crippen molar-refractivity contribution in [3.05, 3.63) is 30.3 Å². The highest BCUT2D eigenvalue weighted by Crippen LogP contribution is 2.31. The first kappa shape index (κ1) is 16.7. The number of hydrogen-bond acceptors (Lipinski definition) is 5. The minimum atomic E-state index is -0.515. The zero-order chi connectivity index (χ0) is 18.3. The van der Waals surface area contributed by atoms with Crippen molar-refractivity contribution in [3.63, 3.8) is 0 Å². The maximum atomic E-state index is 12.7. The number of H-pyrrole nitrogens is 1. The van der Waals surface area contributed by atoms with E-state index in [4.69, 9.17) is 4.74 Å².